The molecular formula is C32H34BrN5O5S. The molecule has 2 amide bonds. The Labute approximate surface area is 269 Å². The SMILES string of the molecule is CCOc1cc(/C=N/NC(=O)Cc2nnc(NC(=O)c3ccccc3)s2)cc(Br)c1OCCOc1ccc(C(C)CC)cc1. The molecule has 3 aromatic carbocycles. The van der Waals surface area contributed by atoms with Gasteiger partial charge in [-0.2, -0.15) is 5.10 Å². The number of hydrazone groups is 1. The fraction of sp³-hybridized carbons (Fsp3) is 0.281. The number of amides is 2. The largest absolute Gasteiger partial charge is 0.490 e. The van der Waals surface area contributed by atoms with E-state index < -0.39 is 0 Å². The fourth-order valence-corrected chi connectivity index (χ4v) is 5.29. The first-order valence-electron chi connectivity index (χ1n) is 14.2. The molecule has 0 saturated carbocycles. The van der Waals surface area contributed by atoms with Gasteiger partial charge in [0.2, 0.25) is 11.0 Å². The van der Waals surface area contributed by atoms with Gasteiger partial charge in [-0.25, -0.2) is 5.43 Å². The molecule has 1 unspecified atom stereocenters. The number of ether oxygens (including phenoxy) is 3. The van der Waals surface area contributed by atoms with Crippen LogP contribution in [-0.4, -0.2) is 48.0 Å². The topological polar surface area (TPSA) is 124 Å². The molecule has 44 heavy (non-hydrogen) atoms. The maximum absolute atomic E-state index is 12.4. The molecule has 0 bridgehead atoms. The summed E-state index contributed by atoms with van der Waals surface area (Å²) >= 11 is 4.68. The molecule has 0 aliphatic heterocycles. The molecular weight excluding hydrogens is 646 g/mol. The minimum Gasteiger partial charge on any atom is -0.490 e. The summed E-state index contributed by atoms with van der Waals surface area (Å²) < 4.78 is 18.3. The molecule has 10 nitrogen and oxygen atoms in total. The van der Waals surface area contributed by atoms with E-state index in [0.29, 0.717) is 63.0 Å². The molecule has 1 atom stereocenters. The van der Waals surface area contributed by atoms with E-state index in [1.807, 2.05) is 31.2 Å². The minimum atomic E-state index is -0.378. The highest BCUT2D eigenvalue weighted by Crippen LogP contribution is 2.36. The number of carbonyl (C=O) groups is 2. The van der Waals surface area contributed by atoms with E-state index in [1.54, 1.807) is 30.3 Å². The normalized spacial score (nSPS) is 11.6. The Balaban J connectivity index is 1.27. The molecule has 2 N–H and O–H groups in total. The molecule has 1 aromatic heterocycles. The molecule has 0 radical (unpaired) electrons. The van der Waals surface area contributed by atoms with Crippen molar-refractivity contribution in [2.75, 3.05) is 25.1 Å². The molecule has 0 saturated heterocycles. The van der Waals surface area contributed by atoms with Gasteiger partial charge in [0.15, 0.2) is 11.5 Å². The van der Waals surface area contributed by atoms with E-state index in [9.17, 15) is 9.59 Å². The Bertz CT molecular complexity index is 1560. The van der Waals surface area contributed by atoms with E-state index in [4.69, 9.17) is 14.2 Å². The number of hydrogen-bond donors (Lipinski definition) is 2. The summed E-state index contributed by atoms with van der Waals surface area (Å²) in [5, 5.41) is 15.4. The predicted molar refractivity (Wildman–Crippen MR) is 175 cm³/mol. The van der Waals surface area contributed by atoms with Crippen LogP contribution in [0.25, 0.3) is 0 Å². The molecule has 0 aliphatic carbocycles. The zero-order valence-corrected chi connectivity index (χ0v) is 27.1. The first-order chi connectivity index (χ1) is 21.4. The Kier molecular flexibility index (Phi) is 12.3. The molecule has 4 rings (SSSR count). The van der Waals surface area contributed by atoms with E-state index >= 15 is 0 Å². The first-order valence-corrected chi connectivity index (χ1v) is 15.8. The minimum absolute atomic E-state index is 0.0407. The third-order valence-electron chi connectivity index (χ3n) is 6.43. The maximum atomic E-state index is 12.4. The van der Waals surface area contributed by atoms with E-state index in [-0.39, 0.29) is 18.2 Å². The summed E-state index contributed by atoms with van der Waals surface area (Å²) in [6, 6.07) is 20.5. The van der Waals surface area contributed by atoms with Gasteiger partial charge in [0, 0.05) is 5.56 Å². The number of halogens is 1. The van der Waals surface area contributed by atoms with Gasteiger partial charge in [-0.15, -0.1) is 10.2 Å². The van der Waals surface area contributed by atoms with Gasteiger partial charge in [-0.05, 0) is 82.7 Å². The lowest BCUT2D eigenvalue weighted by molar-refractivity contribution is -0.120. The lowest BCUT2D eigenvalue weighted by atomic mass is 9.99. The van der Waals surface area contributed by atoms with Gasteiger partial charge in [0.1, 0.15) is 24.0 Å². The fourth-order valence-electron chi connectivity index (χ4n) is 3.99. The van der Waals surface area contributed by atoms with Crippen LogP contribution in [0.1, 0.15) is 59.6 Å². The summed E-state index contributed by atoms with van der Waals surface area (Å²) in [6.07, 6.45) is 2.56. The Morgan fingerprint density at radius 3 is 2.48 bits per heavy atom. The number of aromatic nitrogens is 2. The quantitative estimate of drug-likeness (QED) is 0.0823. The molecule has 0 spiro atoms. The number of benzene rings is 3. The van der Waals surface area contributed by atoms with Crippen molar-refractivity contribution < 1.29 is 23.8 Å². The molecule has 12 heteroatoms. The van der Waals surface area contributed by atoms with Crippen LogP contribution in [0.15, 0.2) is 76.3 Å². The summed E-state index contributed by atoms with van der Waals surface area (Å²) in [7, 11) is 0. The van der Waals surface area contributed by atoms with Crippen LogP contribution in [0.3, 0.4) is 0 Å². The van der Waals surface area contributed by atoms with Gasteiger partial charge >= 0.3 is 0 Å². The van der Waals surface area contributed by atoms with Gasteiger partial charge in [-0.3, -0.25) is 14.9 Å². The zero-order chi connectivity index (χ0) is 31.3. The Morgan fingerprint density at radius 1 is 1.00 bits per heavy atom. The second kappa shape index (κ2) is 16.5. The van der Waals surface area contributed by atoms with Crippen molar-refractivity contribution >= 4 is 50.4 Å². The van der Waals surface area contributed by atoms with Gasteiger partial charge in [-0.1, -0.05) is 55.5 Å². The van der Waals surface area contributed by atoms with E-state index in [1.165, 1.54) is 11.8 Å². The van der Waals surface area contributed by atoms with E-state index in [0.717, 1.165) is 23.5 Å². The molecule has 230 valence electrons. The lowest BCUT2D eigenvalue weighted by Crippen LogP contribution is -2.19. The number of nitrogens with zero attached hydrogens (tertiary/aromatic N) is 3. The summed E-state index contributed by atoms with van der Waals surface area (Å²) in [4.78, 5) is 24.7. The highest BCUT2D eigenvalue weighted by atomic mass is 79.9. The third kappa shape index (κ3) is 9.61. The maximum Gasteiger partial charge on any atom is 0.257 e. The number of anilines is 1. The van der Waals surface area contributed by atoms with Crippen LogP contribution in [0, 0.1) is 0 Å². The summed E-state index contributed by atoms with van der Waals surface area (Å²) in [5.41, 5.74) is 4.97. The van der Waals surface area contributed by atoms with Crippen LogP contribution in [-0.2, 0) is 11.2 Å². The Morgan fingerprint density at radius 2 is 1.75 bits per heavy atom. The summed E-state index contributed by atoms with van der Waals surface area (Å²) in [5.74, 6) is 1.72. The van der Waals surface area contributed by atoms with Crippen molar-refractivity contribution in [1.82, 2.24) is 15.6 Å². The predicted octanol–water partition coefficient (Wildman–Crippen LogP) is 6.62. The van der Waals surface area contributed by atoms with Crippen molar-refractivity contribution in [3.05, 3.63) is 92.9 Å². The average molecular weight is 681 g/mol. The molecule has 0 fully saturated rings. The number of nitrogens with one attached hydrogen (secondary N) is 2. The molecule has 1 heterocycles. The van der Waals surface area contributed by atoms with Crippen LogP contribution in [0.2, 0.25) is 0 Å². The van der Waals surface area contributed by atoms with Crippen LogP contribution in [0.5, 0.6) is 17.2 Å². The van der Waals surface area contributed by atoms with E-state index in [2.05, 4.69) is 68.0 Å². The highest BCUT2D eigenvalue weighted by molar-refractivity contribution is 9.10. The zero-order valence-electron chi connectivity index (χ0n) is 24.7. The van der Waals surface area contributed by atoms with Gasteiger partial charge < -0.3 is 14.2 Å². The smallest absolute Gasteiger partial charge is 0.257 e. The standard InChI is InChI=1S/C32H34BrN5O5S/c1-4-21(3)23-11-13-25(14-12-23)42-15-16-43-30-26(33)17-22(18-27(30)41-5-2)20-34-36-28(39)19-29-37-38-32(44-29)35-31(40)24-9-7-6-8-10-24/h6-14,17-18,20-21H,4-5,15-16,19H2,1-3H3,(H,36,39)(H,35,38,40)/b34-20+. The third-order valence-corrected chi connectivity index (χ3v) is 7.86. The number of rotatable bonds is 15. The van der Waals surface area contributed by atoms with Crippen molar-refractivity contribution in [3.8, 4) is 17.2 Å². The van der Waals surface area contributed by atoms with Crippen molar-refractivity contribution in [1.29, 1.82) is 0 Å². The van der Waals surface area contributed by atoms with Crippen molar-refractivity contribution in [2.45, 2.75) is 39.5 Å². The average Bonchev–Trinajstić information content (AvgIpc) is 3.46. The van der Waals surface area contributed by atoms with Gasteiger partial charge in [0.05, 0.1) is 23.7 Å². The first kappa shape index (κ1) is 32.6. The molecule has 4 aromatic rings. The second-order valence-electron chi connectivity index (χ2n) is 9.63. The Hall–Kier alpha value is -4.29. The van der Waals surface area contributed by atoms with Gasteiger partial charge in [0.25, 0.3) is 5.91 Å². The van der Waals surface area contributed by atoms with Crippen LogP contribution >= 0.6 is 27.3 Å². The second-order valence-corrected chi connectivity index (χ2v) is 11.5. The molecule has 0 aliphatic rings. The lowest BCUT2D eigenvalue weighted by Gasteiger charge is -2.15. The number of carbonyl (C=O) groups excluding carboxylic acids is 2. The highest BCUT2D eigenvalue weighted by Gasteiger charge is 2.14. The monoisotopic (exact) mass is 679 g/mol. The van der Waals surface area contributed by atoms with Crippen molar-refractivity contribution in [3.63, 3.8) is 0 Å². The number of hydrogen-bond acceptors (Lipinski definition) is 9. The van der Waals surface area contributed by atoms with Crippen LogP contribution in [0.4, 0.5) is 5.13 Å². The van der Waals surface area contributed by atoms with Crippen molar-refractivity contribution in [2.24, 2.45) is 5.10 Å². The summed E-state index contributed by atoms with van der Waals surface area (Å²) in [6.45, 7) is 7.39. The van der Waals surface area contributed by atoms with Crippen LogP contribution < -0.4 is 25.0 Å².